The lowest BCUT2D eigenvalue weighted by molar-refractivity contribution is -0.870. The minimum Gasteiger partial charge on any atom is -0.756 e. The summed E-state index contributed by atoms with van der Waals surface area (Å²) in [5.41, 5.74) is 0. The topological polar surface area (TPSA) is 114 Å². The van der Waals surface area contributed by atoms with E-state index in [1.807, 2.05) is 33.3 Å². The maximum absolute atomic E-state index is 13.6. The van der Waals surface area contributed by atoms with E-state index >= 15 is 0 Å². The van der Waals surface area contributed by atoms with Gasteiger partial charge in [-0.15, -0.1) is 0 Å². The molecule has 1 N–H and O–H groups in total. The molecule has 0 aromatic carbocycles. The van der Waals surface area contributed by atoms with Crippen molar-refractivity contribution in [2.45, 2.75) is 328 Å². The van der Waals surface area contributed by atoms with Gasteiger partial charge < -0.3 is 28.5 Å². The van der Waals surface area contributed by atoms with E-state index in [0.29, 0.717) is 17.4 Å². The molecular weight excluding hydrogens is 1020 g/mol. The Kier molecular flexibility index (Phi) is 58.7. The fraction of sp³-hybridized carbons (Fsp3) is 0.803. The van der Waals surface area contributed by atoms with Crippen LogP contribution in [-0.4, -0.2) is 69.4 Å². The van der Waals surface area contributed by atoms with Crippen LogP contribution in [0.4, 0.5) is 0 Å². The molecule has 3 unspecified atom stereocenters. The molecule has 0 aliphatic carbocycles. The third-order valence-electron chi connectivity index (χ3n) is 15.1. The number of carbonyl (C=O) groups is 2. The molecule has 0 saturated carbocycles. The molecule has 0 aromatic rings. The Morgan fingerprint density at radius 3 is 1.16 bits per heavy atom. The zero-order chi connectivity index (χ0) is 59.3. The fourth-order valence-electron chi connectivity index (χ4n) is 9.80. The van der Waals surface area contributed by atoms with Gasteiger partial charge in [-0.05, 0) is 102 Å². The summed E-state index contributed by atoms with van der Waals surface area (Å²) in [5.74, 6) is -0.548. The zero-order valence-electron chi connectivity index (χ0n) is 54.0. The standard InChI is InChI=1S/C71H131N2O7P/c1-7-10-13-16-19-22-25-27-29-31-33-35-36-38-40-42-44-46-49-52-55-58-61-64-71(75)80-69(62-59-56-53-50-47-24-21-18-15-12-9-3)68(67-79-81(76,77)78-66-65-73(4,5)6)72-70(74)63-60-57-54-51-48-45-43-41-39-37-34-32-30-28-26-23-20-17-14-11-8-2/h19,22,27-30,33,35,38,40,59,62,68-69H,7-18,20-21,23-26,31-32,34,36-37,39,41-58,60-61,63-67H2,1-6H3,(H-,72,74,76,77)/b22-19-,29-27-,30-28+,35-33-,40-38-,62-59+. The molecule has 10 heteroatoms. The van der Waals surface area contributed by atoms with Gasteiger partial charge in [0.2, 0.25) is 5.91 Å². The van der Waals surface area contributed by atoms with E-state index in [0.717, 1.165) is 89.9 Å². The van der Waals surface area contributed by atoms with Crippen molar-refractivity contribution in [1.82, 2.24) is 5.32 Å². The van der Waals surface area contributed by atoms with Crippen molar-refractivity contribution in [1.29, 1.82) is 0 Å². The molecule has 0 aliphatic heterocycles. The van der Waals surface area contributed by atoms with Crippen LogP contribution in [0.15, 0.2) is 72.9 Å². The van der Waals surface area contributed by atoms with Crippen LogP contribution in [0, 0.1) is 0 Å². The van der Waals surface area contributed by atoms with E-state index < -0.39 is 26.6 Å². The number of quaternary nitrogens is 1. The van der Waals surface area contributed by atoms with Gasteiger partial charge in [-0.1, -0.05) is 274 Å². The first kappa shape index (κ1) is 78.5. The van der Waals surface area contributed by atoms with Crippen LogP contribution >= 0.6 is 7.82 Å². The van der Waals surface area contributed by atoms with Gasteiger partial charge in [-0.3, -0.25) is 14.2 Å². The highest BCUT2D eigenvalue weighted by atomic mass is 31.2. The number of hydrogen-bond donors (Lipinski definition) is 1. The number of nitrogens with zero attached hydrogens (tertiary/aromatic N) is 1. The number of nitrogens with one attached hydrogen (secondary N) is 1. The summed E-state index contributed by atoms with van der Waals surface area (Å²) < 4.78 is 30.4. The molecular formula is C71H131N2O7P. The number of hydrogen-bond acceptors (Lipinski definition) is 7. The second-order valence-electron chi connectivity index (χ2n) is 24.3. The van der Waals surface area contributed by atoms with Crippen LogP contribution in [0.25, 0.3) is 0 Å². The number of phosphoric ester groups is 1. The number of unbranched alkanes of at least 4 members (excludes halogenated alkanes) is 36. The summed E-state index contributed by atoms with van der Waals surface area (Å²) in [6, 6.07) is -0.896. The van der Waals surface area contributed by atoms with Crippen molar-refractivity contribution in [2.75, 3.05) is 40.9 Å². The number of allylic oxidation sites excluding steroid dienone is 11. The number of ether oxygens (including phenoxy) is 1. The lowest BCUT2D eigenvalue weighted by atomic mass is 10.0. The number of esters is 1. The number of amides is 1. The highest BCUT2D eigenvalue weighted by molar-refractivity contribution is 7.45. The number of likely N-dealkylation sites (N-methyl/N-ethyl adjacent to an activating group) is 1. The SMILES string of the molecule is CCCCC/C=C\C/C=C\C/C=C\C/C=C\CCCCCCCCCC(=O)OC(/C=C/CCCCCCCCCCC)C(COP(=O)([O-])OCC[N+](C)(C)C)NC(=O)CCCCCCCCCCCCC/C=C/CCCCCCCC. The Morgan fingerprint density at radius 2 is 0.753 bits per heavy atom. The Bertz CT molecular complexity index is 1620. The van der Waals surface area contributed by atoms with Crippen molar-refractivity contribution in [3.05, 3.63) is 72.9 Å². The first-order valence-electron chi connectivity index (χ1n) is 34.2. The Morgan fingerprint density at radius 1 is 0.432 bits per heavy atom. The lowest BCUT2D eigenvalue weighted by Crippen LogP contribution is -2.47. The van der Waals surface area contributed by atoms with Gasteiger partial charge in [-0.25, -0.2) is 0 Å². The molecule has 9 nitrogen and oxygen atoms in total. The first-order valence-corrected chi connectivity index (χ1v) is 35.7. The Balaban J connectivity index is 5.11. The Labute approximate surface area is 502 Å². The minimum absolute atomic E-state index is 0.0258. The van der Waals surface area contributed by atoms with Gasteiger partial charge in [0.15, 0.2) is 0 Å². The second-order valence-corrected chi connectivity index (χ2v) is 25.7. The third kappa shape index (κ3) is 61.8. The van der Waals surface area contributed by atoms with Crippen LogP contribution in [0.5, 0.6) is 0 Å². The van der Waals surface area contributed by atoms with E-state index in [2.05, 4.69) is 86.8 Å². The van der Waals surface area contributed by atoms with Gasteiger partial charge in [0, 0.05) is 12.8 Å². The normalized spacial score (nSPS) is 14.0. The quantitative estimate of drug-likeness (QED) is 0.0212. The molecule has 1 amide bonds. The smallest absolute Gasteiger partial charge is 0.306 e. The molecule has 472 valence electrons. The second kappa shape index (κ2) is 60.6. The van der Waals surface area contributed by atoms with Crippen molar-refractivity contribution < 1.29 is 37.3 Å². The largest absolute Gasteiger partial charge is 0.756 e. The third-order valence-corrected chi connectivity index (χ3v) is 16.1. The maximum atomic E-state index is 13.6. The molecule has 81 heavy (non-hydrogen) atoms. The highest BCUT2D eigenvalue weighted by Gasteiger charge is 2.27. The predicted octanol–water partition coefficient (Wildman–Crippen LogP) is 20.9. The van der Waals surface area contributed by atoms with Gasteiger partial charge in [0.05, 0.1) is 33.8 Å². The summed E-state index contributed by atoms with van der Waals surface area (Å²) in [5, 5.41) is 3.04. The first-order chi connectivity index (χ1) is 39.4. The molecule has 0 aromatic heterocycles. The van der Waals surface area contributed by atoms with Gasteiger partial charge in [0.1, 0.15) is 19.3 Å². The number of rotatable bonds is 62. The monoisotopic (exact) mass is 1150 g/mol. The van der Waals surface area contributed by atoms with Crippen LogP contribution in [0.2, 0.25) is 0 Å². The average Bonchev–Trinajstić information content (AvgIpc) is 3.44. The van der Waals surface area contributed by atoms with Gasteiger partial charge >= 0.3 is 5.97 Å². The summed E-state index contributed by atoms with van der Waals surface area (Å²) in [6.45, 7) is 6.82. The van der Waals surface area contributed by atoms with Crippen molar-refractivity contribution in [2.24, 2.45) is 0 Å². The van der Waals surface area contributed by atoms with E-state index in [1.54, 1.807) is 0 Å². The van der Waals surface area contributed by atoms with Crippen molar-refractivity contribution in [3.63, 3.8) is 0 Å². The highest BCUT2D eigenvalue weighted by Crippen LogP contribution is 2.38. The fourth-order valence-corrected chi connectivity index (χ4v) is 10.5. The van der Waals surface area contributed by atoms with Gasteiger partial charge in [-0.2, -0.15) is 0 Å². The molecule has 0 rings (SSSR count). The molecule has 0 heterocycles. The number of carbonyl (C=O) groups excluding carboxylic acids is 2. The molecule has 0 spiro atoms. The lowest BCUT2D eigenvalue weighted by Gasteiger charge is -2.30. The Hall–Kier alpha value is -2.55. The van der Waals surface area contributed by atoms with E-state index in [9.17, 15) is 19.0 Å². The summed E-state index contributed by atoms with van der Waals surface area (Å²) >= 11 is 0. The summed E-state index contributed by atoms with van der Waals surface area (Å²) in [7, 11) is 1.18. The van der Waals surface area contributed by atoms with Gasteiger partial charge in [0.25, 0.3) is 7.82 Å². The molecule has 0 saturated heterocycles. The van der Waals surface area contributed by atoms with E-state index in [4.69, 9.17) is 13.8 Å². The number of phosphoric acid groups is 1. The molecule has 0 radical (unpaired) electrons. The van der Waals surface area contributed by atoms with Crippen LogP contribution < -0.4 is 10.2 Å². The summed E-state index contributed by atoms with van der Waals surface area (Å²) in [6.07, 6.45) is 78.7. The van der Waals surface area contributed by atoms with Crippen LogP contribution in [0.1, 0.15) is 316 Å². The zero-order valence-corrected chi connectivity index (χ0v) is 54.9. The average molecular weight is 1160 g/mol. The molecule has 0 fully saturated rings. The van der Waals surface area contributed by atoms with Crippen molar-refractivity contribution >= 4 is 19.7 Å². The minimum atomic E-state index is -4.71. The predicted molar refractivity (Wildman–Crippen MR) is 348 cm³/mol. The molecule has 3 atom stereocenters. The maximum Gasteiger partial charge on any atom is 0.306 e. The van der Waals surface area contributed by atoms with Crippen LogP contribution in [0.3, 0.4) is 0 Å². The van der Waals surface area contributed by atoms with Crippen LogP contribution in [-0.2, 0) is 27.9 Å². The summed E-state index contributed by atoms with van der Waals surface area (Å²) in [4.78, 5) is 40.1. The molecule has 0 bridgehead atoms. The van der Waals surface area contributed by atoms with Crippen molar-refractivity contribution in [3.8, 4) is 0 Å². The molecule has 0 aliphatic rings. The van der Waals surface area contributed by atoms with E-state index in [-0.39, 0.29) is 24.9 Å². The van der Waals surface area contributed by atoms with E-state index in [1.165, 1.54) is 193 Å².